The Bertz CT molecular complexity index is 1530. The molecule has 0 unspecified atom stereocenters. The van der Waals surface area contributed by atoms with Crippen molar-refractivity contribution >= 4 is 18.0 Å². The molecule has 0 heterocycles. The van der Waals surface area contributed by atoms with Crippen LogP contribution in [0.1, 0.15) is 60.7 Å². The maximum absolute atomic E-state index is 12.6. The summed E-state index contributed by atoms with van der Waals surface area (Å²) in [4.78, 5) is 40.2. The topological polar surface area (TPSA) is 123 Å². The highest BCUT2D eigenvalue weighted by atomic mass is 16.6. The number of rotatable bonds is 8. The van der Waals surface area contributed by atoms with Crippen LogP contribution in [0.4, 0.5) is 4.79 Å². The molecule has 4 rings (SSSR count). The molecule has 1 aliphatic carbocycles. The molecule has 0 saturated heterocycles. The SMILES string of the molecule is C#CC#Cc1ccc(C(=O)O)cc1.CONC(=O)[C@H](NC(=O)OCC1c2ccccc2-c2ccccc21)[C@@H](C)OC(C)(C)C. The molecule has 1 aliphatic rings. The molecule has 228 valence electrons. The van der Waals surface area contributed by atoms with E-state index < -0.39 is 35.7 Å². The minimum atomic E-state index is -0.977. The Morgan fingerprint density at radius 2 is 1.52 bits per heavy atom. The zero-order valence-corrected chi connectivity index (χ0v) is 25.3. The summed E-state index contributed by atoms with van der Waals surface area (Å²) >= 11 is 0. The number of hydrogen-bond donors (Lipinski definition) is 3. The Kier molecular flexibility index (Phi) is 11.7. The number of aromatic carboxylic acids is 1. The highest BCUT2D eigenvalue weighted by molar-refractivity contribution is 5.87. The number of nitrogens with one attached hydrogen (secondary N) is 2. The van der Waals surface area contributed by atoms with Gasteiger partial charge in [-0.05, 0) is 86.1 Å². The van der Waals surface area contributed by atoms with Gasteiger partial charge in [0.15, 0.2) is 0 Å². The number of benzene rings is 3. The lowest BCUT2D eigenvalue weighted by atomic mass is 9.98. The van der Waals surface area contributed by atoms with Crippen molar-refractivity contribution in [2.24, 2.45) is 0 Å². The van der Waals surface area contributed by atoms with Gasteiger partial charge in [-0.2, -0.15) is 0 Å². The first-order valence-electron chi connectivity index (χ1n) is 13.9. The maximum atomic E-state index is 12.6. The molecular formula is C35H36N2O7. The molecule has 2 atom stereocenters. The Morgan fingerprint density at radius 3 is 2.02 bits per heavy atom. The lowest BCUT2D eigenvalue weighted by molar-refractivity contribution is -0.141. The lowest BCUT2D eigenvalue weighted by Gasteiger charge is -2.30. The largest absolute Gasteiger partial charge is 0.478 e. The van der Waals surface area contributed by atoms with Crippen molar-refractivity contribution in [3.8, 4) is 35.3 Å². The van der Waals surface area contributed by atoms with Crippen LogP contribution in [-0.2, 0) is 19.1 Å². The Balaban J connectivity index is 0.000000340. The monoisotopic (exact) mass is 596 g/mol. The summed E-state index contributed by atoms with van der Waals surface area (Å²) in [5, 5.41) is 11.2. The first-order chi connectivity index (χ1) is 20.9. The lowest BCUT2D eigenvalue weighted by Crippen LogP contribution is -2.54. The quantitative estimate of drug-likeness (QED) is 0.243. The predicted molar refractivity (Wildman–Crippen MR) is 167 cm³/mol. The van der Waals surface area contributed by atoms with Crippen LogP contribution in [0.5, 0.6) is 0 Å². The molecule has 0 bridgehead atoms. The van der Waals surface area contributed by atoms with Crippen LogP contribution in [0.25, 0.3) is 11.1 Å². The molecule has 3 N–H and O–H groups in total. The summed E-state index contributed by atoms with van der Waals surface area (Å²) in [5.41, 5.74) is 7.25. The summed E-state index contributed by atoms with van der Waals surface area (Å²) in [5.74, 6) is 5.77. The molecule has 0 spiro atoms. The van der Waals surface area contributed by atoms with E-state index in [4.69, 9.17) is 25.8 Å². The summed E-state index contributed by atoms with van der Waals surface area (Å²) < 4.78 is 11.4. The van der Waals surface area contributed by atoms with Gasteiger partial charge < -0.3 is 19.9 Å². The zero-order chi connectivity index (χ0) is 32.3. The number of alkyl carbamates (subject to hydrolysis) is 1. The van der Waals surface area contributed by atoms with Gasteiger partial charge in [0.25, 0.3) is 5.91 Å². The van der Waals surface area contributed by atoms with Crippen LogP contribution < -0.4 is 10.8 Å². The van der Waals surface area contributed by atoms with Gasteiger partial charge in [-0.25, -0.2) is 15.1 Å². The Labute approximate surface area is 257 Å². The number of carbonyl (C=O) groups is 3. The molecule has 2 amide bonds. The summed E-state index contributed by atoms with van der Waals surface area (Å²) in [6, 6.07) is 21.5. The second-order valence-corrected chi connectivity index (χ2v) is 10.8. The number of terminal acetylenes is 1. The Morgan fingerprint density at radius 1 is 0.955 bits per heavy atom. The Hall–Kier alpha value is -5.09. The van der Waals surface area contributed by atoms with Gasteiger partial charge in [0.1, 0.15) is 12.6 Å². The van der Waals surface area contributed by atoms with Crippen LogP contribution in [0.2, 0.25) is 0 Å². The van der Waals surface area contributed by atoms with E-state index >= 15 is 0 Å². The molecule has 0 saturated carbocycles. The molecule has 44 heavy (non-hydrogen) atoms. The van der Waals surface area contributed by atoms with Crippen LogP contribution in [0.15, 0.2) is 72.8 Å². The van der Waals surface area contributed by atoms with Gasteiger partial charge in [0, 0.05) is 11.5 Å². The van der Waals surface area contributed by atoms with Crippen LogP contribution in [-0.4, -0.2) is 54.5 Å². The van der Waals surface area contributed by atoms with E-state index in [2.05, 4.69) is 52.8 Å². The van der Waals surface area contributed by atoms with Crippen molar-refractivity contribution < 1.29 is 33.8 Å². The number of carboxylic acid groups (broad SMARTS) is 1. The molecular weight excluding hydrogens is 560 g/mol. The number of hydrogen-bond acceptors (Lipinski definition) is 6. The minimum Gasteiger partial charge on any atom is -0.478 e. The van der Waals surface area contributed by atoms with Gasteiger partial charge in [0.2, 0.25) is 0 Å². The minimum absolute atomic E-state index is 0.0624. The number of amides is 2. The molecule has 3 aromatic carbocycles. The number of ether oxygens (including phenoxy) is 2. The van der Waals surface area contributed by atoms with Crippen LogP contribution in [0.3, 0.4) is 0 Å². The van der Waals surface area contributed by atoms with E-state index in [-0.39, 0.29) is 18.1 Å². The van der Waals surface area contributed by atoms with Gasteiger partial charge in [-0.1, -0.05) is 54.5 Å². The third-order valence-corrected chi connectivity index (χ3v) is 6.52. The number of fused-ring (bicyclic) bond motifs is 3. The summed E-state index contributed by atoms with van der Waals surface area (Å²) in [6.07, 6.45) is 3.64. The van der Waals surface area contributed by atoms with Gasteiger partial charge in [-0.3, -0.25) is 9.63 Å². The van der Waals surface area contributed by atoms with Crippen LogP contribution in [0, 0.1) is 24.2 Å². The standard InChI is InChI=1S/C24H30N2O5.C11H6O2/c1-15(31-24(2,3)4)21(22(27)26-29-5)25-23(28)30-14-20-18-12-8-6-10-16(18)17-11-7-9-13-19(17)20;1-2-3-4-9-5-7-10(8-6-9)11(12)13/h6-13,15,20-21H,14H2,1-5H3,(H,25,28)(H,26,27);1,5-8H,(H,12,13)/t15-,21-;/m1./s1. The average Bonchev–Trinajstić information content (AvgIpc) is 3.31. The molecule has 9 nitrogen and oxygen atoms in total. The molecule has 0 aromatic heterocycles. The van der Waals surface area contributed by atoms with E-state index in [1.54, 1.807) is 19.1 Å². The predicted octanol–water partition coefficient (Wildman–Crippen LogP) is 5.14. The van der Waals surface area contributed by atoms with Crippen molar-refractivity contribution in [1.82, 2.24) is 10.8 Å². The van der Waals surface area contributed by atoms with Gasteiger partial charge in [0.05, 0.1) is 24.4 Å². The van der Waals surface area contributed by atoms with E-state index in [1.807, 2.05) is 45.0 Å². The van der Waals surface area contributed by atoms with Crippen molar-refractivity contribution in [3.63, 3.8) is 0 Å². The molecule has 0 radical (unpaired) electrons. The first-order valence-corrected chi connectivity index (χ1v) is 13.9. The van der Waals surface area contributed by atoms with Crippen molar-refractivity contribution in [2.45, 2.75) is 51.4 Å². The third kappa shape index (κ3) is 9.20. The number of carboxylic acids is 1. The fourth-order valence-corrected chi connectivity index (χ4v) is 4.76. The third-order valence-electron chi connectivity index (χ3n) is 6.52. The summed E-state index contributed by atoms with van der Waals surface area (Å²) in [7, 11) is 1.33. The smallest absolute Gasteiger partial charge is 0.407 e. The fraction of sp³-hybridized carbons (Fsp3) is 0.286. The average molecular weight is 597 g/mol. The zero-order valence-electron chi connectivity index (χ0n) is 25.3. The van der Waals surface area contributed by atoms with E-state index in [0.29, 0.717) is 5.56 Å². The molecule has 3 aromatic rings. The normalized spacial score (nSPS) is 12.8. The van der Waals surface area contributed by atoms with Crippen molar-refractivity contribution in [2.75, 3.05) is 13.7 Å². The first kappa shape index (κ1) is 33.4. The molecule has 0 aliphatic heterocycles. The molecule has 9 heteroatoms. The van der Waals surface area contributed by atoms with Crippen molar-refractivity contribution in [1.29, 1.82) is 0 Å². The van der Waals surface area contributed by atoms with E-state index in [9.17, 15) is 14.4 Å². The van der Waals surface area contributed by atoms with E-state index in [0.717, 1.165) is 22.3 Å². The van der Waals surface area contributed by atoms with Crippen molar-refractivity contribution in [3.05, 3.63) is 95.1 Å². The maximum Gasteiger partial charge on any atom is 0.407 e. The number of hydroxylamine groups is 1. The second kappa shape index (κ2) is 15.4. The van der Waals surface area contributed by atoms with Gasteiger partial charge in [-0.15, -0.1) is 6.42 Å². The second-order valence-electron chi connectivity index (χ2n) is 10.8. The van der Waals surface area contributed by atoms with Crippen LogP contribution >= 0.6 is 0 Å². The molecule has 0 fully saturated rings. The number of carbonyl (C=O) groups excluding carboxylic acids is 2. The van der Waals surface area contributed by atoms with Gasteiger partial charge >= 0.3 is 12.1 Å². The summed E-state index contributed by atoms with van der Waals surface area (Å²) in [6.45, 7) is 7.51. The van der Waals surface area contributed by atoms with E-state index in [1.165, 1.54) is 19.2 Å². The fourth-order valence-electron chi connectivity index (χ4n) is 4.76. The highest BCUT2D eigenvalue weighted by Gasteiger charge is 2.33. The highest BCUT2D eigenvalue weighted by Crippen LogP contribution is 2.44.